The number of aliphatic carboxylic acids is 1. The Labute approximate surface area is 558 Å². The molecule has 1 heterocycles. The summed E-state index contributed by atoms with van der Waals surface area (Å²) in [4.78, 5) is 94.1. The Bertz CT molecular complexity index is 1840. The molecule has 0 radical (unpaired) electrons. The Balaban J connectivity index is 3.67. The zero-order chi connectivity index (χ0) is 67.6. The first-order valence-corrected chi connectivity index (χ1v) is 37.8. The van der Waals surface area contributed by atoms with Gasteiger partial charge in [-0.2, -0.15) is 0 Å². The fraction of sp³-hybridized carbons (Fsp3) is 0.905. The van der Waals surface area contributed by atoms with E-state index in [9.17, 15) is 43.8 Å². The molecule has 4 N–H and O–H groups in total. The van der Waals surface area contributed by atoms with Crippen molar-refractivity contribution in [2.75, 3.05) is 19.8 Å². The number of nitrogens with one attached hydrogen (secondary N) is 2. The van der Waals surface area contributed by atoms with Crippen LogP contribution < -0.4 is 10.6 Å². The number of unbranched alkanes of at least 4 members (excludes halogenated alkanes) is 34. The molecule has 0 aliphatic carbocycles. The van der Waals surface area contributed by atoms with Gasteiger partial charge in [-0.15, -0.1) is 0 Å². The van der Waals surface area contributed by atoms with E-state index in [-0.39, 0.29) is 44.7 Å². The van der Waals surface area contributed by atoms with E-state index >= 15 is 0 Å². The Morgan fingerprint density at radius 3 is 1.24 bits per heavy atom. The van der Waals surface area contributed by atoms with E-state index in [2.05, 4.69) is 45.3 Å². The van der Waals surface area contributed by atoms with Crippen LogP contribution in [0.5, 0.6) is 0 Å². The van der Waals surface area contributed by atoms with Crippen molar-refractivity contribution in [3.63, 3.8) is 0 Å². The fourth-order valence-corrected chi connectivity index (χ4v) is 12.1. The van der Waals surface area contributed by atoms with Crippen LogP contribution in [0, 0.1) is 0 Å². The van der Waals surface area contributed by atoms with Crippen LogP contribution in [0.4, 0.5) is 0 Å². The molecule has 18 heteroatoms. The number of rotatable bonds is 66. The van der Waals surface area contributed by atoms with Gasteiger partial charge >= 0.3 is 29.8 Å². The average Bonchev–Trinajstić information content (AvgIpc) is 0.790. The van der Waals surface area contributed by atoms with Gasteiger partial charge in [-0.3, -0.25) is 33.6 Å². The second kappa shape index (κ2) is 59.6. The number of ether oxygens (including phenoxy) is 7. The summed E-state index contributed by atoms with van der Waals surface area (Å²) < 4.78 is 42.5. The molecule has 8 atom stereocenters. The quantitative estimate of drug-likeness (QED) is 0.0145. The minimum Gasteiger partial charge on any atom is -0.480 e. The van der Waals surface area contributed by atoms with Crippen molar-refractivity contribution in [2.45, 2.75) is 411 Å². The zero-order valence-corrected chi connectivity index (χ0v) is 59.2. The number of amides is 1. The molecule has 18 nitrogen and oxygen atoms in total. The maximum atomic E-state index is 14.7. The number of hydrogen-bond acceptors (Lipinski definition) is 16. The molecule has 1 saturated heterocycles. The molecule has 1 rings (SSSR count). The summed E-state index contributed by atoms with van der Waals surface area (Å²) in [5.74, 6) is -6.23. The third kappa shape index (κ3) is 46.3. The minimum absolute atomic E-state index is 0.119. The zero-order valence-electron chi connectivity index (χ0n) is 59.2. The Morgan fingerprint density at radius 1 is 0.478 bits per heavy atom. The van der Waals surface area contributed by atoms with Crippen LogP contribution in [0.2, 0.25) is 0 Å². The standard InChI is InChI=1S/C74H136N2O16/c1-7-13-19-23-27-30-34-37-43-47-61(88-68(80)50-41-17-11-5)53-54-75-64(73(84)85)59-87-74(76-67(79)55-62(48-44-38-35-31-28-24-20-14-8-2)89-70(82)52-46-40-33-26-22-16-10-4)57-65(72(86-60-78)66(58-77)92-74)91-71(83)56-63(90-69(81)51-42-18-12-6)49-45-39-36-32-29-25-21-15-9-3/h60-66,72,75,77H,7-59H2,1-6H3,(H,76,79)(H,84,85). The van der Waals surface area contributed by atoms with Gasteiger partial charge in [0.05, 0.1) is 32.5 Å². The van der Waals surface area contributed by atoms with Crippen molar-refractivity contribution in [1.82, 2.24) is 10.6 Å². The summed E-state index contributed by atoms with van der Waals surface area (Å²) >= 11 is 0. The Hall–Kier alpha value is -3.87. The Morgan fingerprint density at radius 2 is 0.837 bits per heavy atom. The molecule has 1 amide bonds. The van der Waals surface area contributed by atoms with Gasteiger partial charge in [0.25, 0.3) is 12.4 Å². The SMILES string of the molecule is CCCCCCCCCCCC(CCNC(COC1(NC(=O)CC(CCCCCCCCCCC)OC(=O)CCCCCCCCC)CC(OC(=O)CC(CCCCCCCCCCC)OC(=O)CCCCC)C(OC=O)C(CO)O1)C(=O)O)OC(=O)CCCCC. The molecule has 92 heavy (non-hydrogen) atoms. The van der Waals surface area contributed by atoms with Crippen LogP contribution in [-0.4, -0.2) is 121 Å². The lowest BCUT2D eigenvalue weighted by atomic mass is 9.98. The van der Waals surface area contributed by atoms with Crippen LogP contribution in [0.15, 0.2) is 0 Å². The summed E-state index contributed by atoms with van der Waals surface area (Å²) in [7, 11) is 0. The highest BCUT2D eigenvalue weighted by molar-refractivity contribution is 5.78. The first-order valence-electron chi connectivity index (χ1n) is 37.8. The van der Waals surface area contributed by atoms with Gasteiger partial charge in [0.1, 0.15) is 36.6 Å². The third-order valence-corrected chi connectivity index (χ3v) is 17.7. The summed E-state index contributed by atoms with van der Waals surface area (Å²) in [6.07, 6.45) is 36.3. The van der Waals surface area contributed by atoms with Gasteiger partial charge < -0.3 is 54.0 Å². The predicted octanol–water partition coefficient (Wildman–Crippen LogP) is 17.0. The highest BCUT2D eigenvalue weighted by atomic mass is 16.7. The number of carbonyl (C=O) groups excluding carboxylic acids is 6. The summed E-state index contributed by atoms with van der Waals surface area (Å²) in [5.41, 5.74) is 0. The van der Waals surface area contributed by atoms with Crippen molar-refractivity contribution in [1.29, 1.82) is 0 Å². The molecule has 1 aliphatic rings. The molecule has 0 aromatic heterocycles. The van der Waals surface area contributed by atoms with Crippen molar-refractivity contribution >= 4 is 42.2 Å². The lowest BCUT2D eigenvalue weighted by molar-refractivity contribution is -0.335. The third-order valence-electron chi connectivity index (χ3n) is 17.7. The van der Waals surface area contributed by atoms with Crippen LogP contribution in [0.1, 0.15) is 363 Å². The van der Waals surface area contributed by atoms with Crippen LogP contribution in [0.25, 0.3) is 0 Å². The van der Waals surface area contributed by atoms with Crippen LogP contribution >= 0.6 is 0 Å². The molecule has 538 valence electrons. The summed E-state index contributed by atoms with van der Waals surface area (Å²) in [6, 6.07) is -1.42. The first kappa shape index (κ1) is 86.1. The van der Waals surface area contributed by atoms with E-state index in [1.54, 1.807) is 0 Å². The van der Waals surface area contributed by atoms with Crippen LogP contribution in [-0.2, 0) is 66.7 Å². The Kier molecular flexibility index (Phi) is 55.8. The average molecular weight is 1310 g/mol. The number of carbonyl (C=O) groups is 7. The largest absolute Gasteiger partial charge is 0.480 e. The van der Waals surface area contributed by atoms with Gasteiger partial charge in [-0.25, -0.2) is 0 Å². The van der Waals surface area contributed by atoms with Gasteiger partial charge in [0, 0.05) is 19.3 Å². The number of aliphatic hydroxyl groups is 1. The molecule has 1 aliphatic heterocycles. The first-order chi connectivity index (χ1) is 44.7. The monoisotopic (exact) mass is 1310 g/mol. The highest BCUT2D eigenvalue weighted by Gasteiger charge is 2.53. The number of esters is 4. The maximum Gasteiger partial charge on any atom is 0.323 e. The number of hydrogen-bond donors (Lipinski definition) is 4. The highest BCUT2D eigenvalue weighted by Crippen LogP contribution is 2.34. The fourth-order valence-electron chi connectivity index (χ4n) is 12.1. The number of carboxylic acids is 1. The predicted molar refractivity (Wildman–Crippen MR) is 364 cm³/mol. The molecule has 8 unspecified atom stereocenters. The van der Waals surface area contributed by atoms with Crippen LogP contribution in [0.3, 0.4) is 0 Å². The van der Waals surface area contributed by atoms with E-state index in [4.69, 9.17) is 33.2 Å². The molecule has 0 spiro atoms. The molecular formula is C74H136N2O16. The van der Waals surface area contributed by atoms with Crippen molar-refractivity contribution in [2.24, 2.45) is 0 Å². The van der Waals surface area contributed by atoms with Crippen molar-refractivity contribution in [3.8, 4) is 0 Å². The molecule has 0 aromatic rings. The van der Waals surface area contributed by atoms with E-state index in [1.165, 1.54) is 89.9 Å². The van der Waals surface area contributed by atoms with E-state index in [0.717, 1.165) is 141 Å². The summed E-state index contributed by atoms with van der Waals surface area (Å²) in [5, 5.41) is 27.6. The topological polar surface area (TPSA) is 249 Å². The van der Waals surface area contributed by atoms with Gasteiger partial charge in [0.15, 0.2) is 6.10 Å². The normalized spacial score (nSPS) is 17.7. The van der Waals surface area contributed by atoms with Gasteiger partial charge in [-0.05, 0) is 70.8 Å². The van der Waals surface area contributed by atoms with Crippen molar-refractivity contribution in [3.05, 3.63) is 0 Å². The summed E-state index contributed by atoms with van der Waals surface area (Å²) in [6.45, 7) is 11.7. The second-order valence-electron chi connectivity index (χ2n) is 26.4. The molecule has 1 fully saturated rings. The molecule has 0 bridgehead atoms. The maximum absolute atomic E-state index is 14.7. The van der Waals surface area contributed by atoms with E-state index < -0.39 is 98.0 Å². The molecular weight excluding hydrogens is 1170 g/mol. The molecule has 0 saturated carbocycles. The number of carboxylic acid groups (broad SMARTS) is 1. The van der Waals surface area contributed by atoms with Crippen molar-refractivity contribution < 1.29 is 76.9 Å². The second-order valence-corrected chi connectivity index (χ2v) is 26.4. The van der Waals surface area contributed by atoms with E-state index in [0.29, 0.717) is 57.8 Å². The smallest absolute Gasteiger partial charge is 0.323 e. The lowest BCUT2D eigenvalue weighted by Crippen LogP contribution is -2.66. The molecule has 0 aromatic carbocycles. The van der Waals surface area contributed by atoms with Gasteiger partial charge in [-0.1, -0.05) is 260 Å². The lowest BCUT2D eigenvalue weighted by Gasteiger charge is -2.46. The number of aliphatic hydroxyl groups excluding tert-OH is 1. The van der Waals surface area contributed by atoms with Gasteiger partial charge in [0.2, 0.25) is 5.91 Å². The van der Waals surface area contributed by atoms with E-state index in [1.807, 2.05) is 6.92 Å². The minimum atomic E-state index is -2.31.